The fourth-order valence-electron chi connectivity index (χ4n) is 1.98. The molecule has 9 heteroatoms. The van der Waals surface area contributed by atoms with Crippen LogP contribution < -0.4 is 16.0 Å². The lowest BCUT2D eigenvalue weighted by molar-refractivity contribution is -0.127. The molecule has 166 valence electrons. The van der Waals surface area contributed by atoms with Crippen molar-refractivity contribution < 1.29 is 28.5 Å². The van der Waals surface area contributed by atoms with E-state index >= 15 is 0 Å². The second kappa shape index (κ2) is 22.0. The minimum absolute atomic E-state index is 0.00764. The van der Waals surface area contributed by atoms with Gasteiger partial charge < -0.3 is 34.9 Å². The molecule has 0 atom stereocenters. The van der Waals surface area contributed by atoms with E-state index in [0.717, 1.165) is 32.4 Å². The molecule has 0 unspecified atom stereocenters. The molecule has 3 N–H and O–H groups in total. The van der Waals surface area contributed by atoms with Crippen LogP contribution in [0, 0.1) is 0 Å². The van der Waals surface area contributed by atoms with Gasteiger partial charge in [-0.2, -0.15) is 0 Å². The van der Waals surface area contributed by atoms with Gasteiger partial charge in [-0.15, -0.1) is 0 Å². The summed E-state index contributed by atoms with van der Waals surface area (Å²) in [5.74, 6) is -0.299. The van der Waals surface area contributed by atoms with Crippen molar-refractivity contribution in [2.75, 3.05) is 79.0 Å². The number of nitrogens with one attached hydrogen (secondary N) is 3. The second-order valence-corrected chi connectivity index (χ2v) is 6.13. The molecule has 9 nitrogen and oxygen atoms in total. The molecule has 0 aromatic heterocycles. The summed E-state index contributed by atoms with van der Waals surface area (Å²) < 4.78 is 21.1. The third kappa shape index (κ3) is 21.0. The number of carbonyl (C=O) groups is 2. The largest absolute Gasteiger partial charge is 0.378 e. The predicted octanol–water partition coefficient (Wildman–Crippen LogP) is 0.0849. The van der Waals surface area contributed by atoms with Crippen molar-refractivity contribution >= 4 is 11.8 Å². The highest BCUT2D eigenvalue weighted by Crippen LogP contribution is 1.84. The van der Waals surface area contributed by atoms with Crippen LogP contribution in [-0.4, -0.2) is 90.8 Å². The number of hydrogen-bond acceptors (Lipinski definition) is 7. The maximum absolute atomic E-state index is 11.6. The van der Waals surface area contributed by atoms with Crippen molar-refractivity contribution in [1.82, 2.24) is 16.0 Å². The van der Waals surface area contributed by atoms with E-state index in [9.17, 15) is 9.59 Å². The van der Waals surface area contributed by atoms with Gasteiger partial charge in [-0.05, 0) is 19.4 Å². The fourth-order valence-corrected chi connectivity index (χ4v) is 1.98. The van der Waals surface area contributed by atoms with E-state index in [-0.39, 0.29) is 25.0 Å². The van der Waals surface area contributed by atoms with Crippen LogP contribution in [0.4, 0.5) is 0 Å². The Kier molecular flexibility index (Phi) is 21.0. The first-order chi connectivity index (χ1) is 13.7. The summed E-state index contributed by atoms with van der Waals surface area (Å²) in [5, 5.41) is 8.71. The Hall–Kier alpha value is -1.26. The smallest absolute Gasteiger partial charge is 0.246 e. The first-order valence-corrected chi connectivity index (χ1v) is 10.3. The number of unbranched alkanes of at least 4 members (excludes halogenated alkanes) is 1. The zero-order valence-electron chi connectivity index (χ0n) is 17.6. The molecule has 0 spiro atoms. The molecular formula is C19H39N3O6. The quantitative estimate of drug-likeness (QED) is 0.232. The summed E-state index contributed by atoms with van der Waals surface area (Å²) in [7, 11) is 0. The third-order valence-electron chi connectivity index (χ3n) is 3.48. The van der Waals surface area contributed by atoms with Crippen LogP contribution in [0.5, 0.6) is 0 Å². The normalized spacial score (nSPS) is 10.8. The first-order valence-electron chi connectivity index (χ1n) is 10.3. The van der Waals surface area contributed by atoms with E-state index in [1.54, 1.807) is 0 Å². The van der Waals surface area contributed by atoms with Gasteiger partial charge in [0.1, 0.15) is 13.2 Å². The van der Waals surface area contributed by atoms with Gasteiger partial charge in [0, 0.05) is 19.6 Å². The van der Waals surface area contributed by atoms with Gasteiger partial charge in [-0.25, -0.2) is 0 Å². The predicted molar refractivity (Wildman–Crippen MR) is 107 cm³/mol. The molecule has 0 heterocycles. The van der Waals surface area contributed by atoms with Crippen LogP contribution >= 0.6 is 0 Å². The lowest BCUT2D eigenvalue weighted by Gasteiger charge is -2.08. The van der Waals surface area contributed by atoms with Gasteiger partial charge in [-0.1, -0.05) is 20.3 Å². The lowest BCUT2D eigenvalue weighted by Crippen LogP contribution is -2.31. The SMILES string of the molecule is CCCCNC(=O)COCCOCCNC(=O)COCCOCCNCCC. The summed E-state index contributed by atoms with van der Waals surface area (Å²) in [5.41, 5.74) is 0. The van der Waals surface area contributed by atoms with E-state index in [4.69, 9.17) is 18.9 Å². The first kappa shape index (κ1) is 26.7. The molecule has 0 saturated heterocycles. The number of carbonyl (C=O) groups excluding carboxylic acids is 2. The molecule has 0 rings (SSSR count). The number of ether oxygens (including phenoxy) is 4. The van der Waals surface area contributed by atoms with Gasteiger partial charge in [0.05, 0.1) is 39.6 Å². The number of hydrogen-bond donors (Lipinski definition) is 3. The highest BCUT2D eigenvalue weighted by Gasteiger charge is 2.02. The molecular weight excluding hydrogens is 366 g/mol. The van der Waals surface area contributed by atoms with Gasteiger partial charge in [0.15, 0.2) is 0 Å². The van der Waals surface area contributed by atoms with E-state index in [1.165, 1.54) is 0 Å². The topological polar surface area (TPSA) is 107 Å². The zero-order valence-corrected chi connectivity index (χ0v) is 17.6. The van der Waals surface area contributed by atoms with Crippen molar-refractivity contribution in [3.63, 3.8) is 0 Å². The summed E-state index contributed by atoms with van der Waals surface area (Å²) in [6.45, 7) is 9.73. The van der Waals surface area contributed by atoms with E-state index in [0.29, 0.717) is 52.7 Å². The van der Waals surface area contributed by atoms with Gasteiger partial charge in [-0.3, -0.25) is 9.59 Å². The highest BCUT2D eigenvalue weighted by atomic mass is 16.5. The minimum Gasteiger partial charge on any atom is -0.378 e. The molecule has 28 heavy (non-hydrogen) atoms. The van der Waals surface area contributed by atoms with Crippen LogP contribution in [0.3, 0.4) is 0 Å². The minimum atomic E-state index is -0.187. The van der Waals surface area contributed by atoms with Gasteiger partial charge >= 0.3 is 0 Å². The van der Waals surface area contributed by atoms with Crippen molar-refractivity contribution in [3.05, 3.63) is 0 Å². The third-order valence-corrected chi connectivity index (χ3v) is 3.48. The van der Waals surface area contributed by atoms with Crippen LogP contribution in [-0.2, 0) is 28.5 Å². The van der Waals surface area contributed by atoms with Crippen LogP contribution in [0.25, 0.3) is 0 Å². The molecule has 0 aliphatic rings. The summed E-state index contributed by atoms with van der Waals surface area (Å²) >= 11 is 0. The Morgan fingerprint density at radius 2 is 1.14 bits per heavy atom. The van der Waals surface area contributed by atoms with E-state index < -0.39 is 0 Å². The van der Waals surface area contributed by atoms with Crippen LogP contribution in [0.15, 0.2) is 0 Å². The second-order valence-electron chi connectivity index (χ2n) is 6.13. The molecule has 0 saturated carbocycles. The Balaban J connectivity index is 3.23. The van der Waals surface area contributed by atoms with Crippen molar-refractivity contribution in [2.24, 2.45) is 0 Å². The van der Waals surface area contributed by atoms with Crippen molar-refractivity contribution in [3.8, 4) is 0 Å². The molecule has 0 radical (unpaired) electrons. The molecule has 0 aliphatic heterocycles. The highest BCUT2D eigenvalue weighted by molar-refractivity contribution is 5.77. The Morgan fingerprint density at radius 3 is 1.71 bits per heavy atom. The fraction of sp³-hybridized carbons (Fsp3) is 0.895. The molecule has 2 amide bonds. The molecule has 0 aromatic carbocycles. The van der Waals surface area contributed by atoms with Crippen molar-refractivity contribution in [2.45, 2.75) is 33.1 Å². The maximum atomic E-state index is 11.6. The van der Waals surface area contributed by atoms with Crippen molar-refractivity contribution in [1.29, 1.82) is 0 Å². The molecule has 0 bridgehead atoms. The Morgan fingerprint density at radius 1 is 0.607 bits per heavy atom. The summed E-state index contributed by atoms with van der Waals surface area (Å²) in [6, 6.07) is 0. The maximum Gasteiger partial charge on any atom is 0.246 e. The average molecular weight is 406 g/mol. The summed E-state index contributed by atoms with van der Waals surface area (Å²) in [6.07, 6.45) is 3.12. The van der Waals surface area contributed by atoms with E-state index in [2.05, 4.69) is 29.8 Å². The Bertz CT molecular complexity index is 372. The Labute approximate surface area is 169 Å². The monoisotopic (exact) mass is 405 g/mol. The van der Waals surface area contributed by atoms with Gasteiger partial charge in [0.25, 0.3) is 0 Å². The number of amides is 2. The average Bonchev–Trinajstić information content (AvgIpc) is 2.69. The standard InChI is InChI=1S/C19H39N3O6/c1-3-5-7-21-18(23)16-27-15-13-26-11-9-22-19(24)17-28-14-12-25-10-8-20-6-4-2/h20H,3-17H2,1-2H3,(H,21,23)(H,22,24). The summed E-state index contributed by atoms with van der Waals surface area (Å²) in [4.78, 5) is 22.9. The van der Waals surface area contributed by atoms with Gasteiger partial charge in [0.2, 0.25) is 11.8 Å². The number of rotatable bonds is 21. The lowest BCUT2D eigenvalue weighted by atomic mass is 10.3. The van der Waals surface area contributed by atoms with E-state index in [1.807, 2.05) is 0 Å². The van der Waals surface area contributed by atoms with Crippen LogP contribution in [0.2, 0.25) is 0 Å². The molecule has 0 aliphatic carbocycles. The van der Waals surface area contributed by atoms with Crippen LogP contribution in [0.1, 0.15) is 33.1 Å². The molecule has 0 aromatic rings. The molecule has 0 fully saturated rings. The zero-order chi connectivity index (χ0) is 20.7.